The van der Waals surface area contributed by atoms with Gasteiger partial charge in [-0.25, -0.2) is 0 Å². The number of amides is 4. The molecule has 1 aromatic carbocycles. The van der Waals surface area contributed by atoms with E-state index in [0.29, 0.717) is 31.2 Å². The second kappa shape index (κ2) is 11.2. The molecule has 0 saturated carbocycles. The maximum atomic E-state index is 13.7. The first-order chi connectivity index (χ1) is 16.8. The average Bonchev–Trinajstić information content (AvgIpc) is 2.81. The van der Waals surface area contributed by atoms with E-state index >= 15 is 0 Å². The van der Waals surface area contributed by atoms with Crippen molar-refractivity contribution >= 4 is 35.2 Å². The molecule has 8 nitrogen and oxygen atoms in total. The summed E-state index contributed by atoms with van der Waals surface area (Å²) in [6, 6.07) is 6.37. The topological polar surface area (TPSA) is 90.0 Å². The second-order valence-corrected chi connectivity index (χ2v) is 11.5. The standard InChI is InChI=1S/C27H39ClN4O4/c1-17(2)24(29-25(35)23-15-30(18(3)33)13-14-32(23)19(4)34)26(36)31-12-11-22(27(5,6)16-31)20-7-9-21(28)10-8-20/h7-10,17,22-24H,11-16H2,1-6H3,(H,29,35)/t22?,23?,24-/m1/s1. The lowest BCUT2D eigenvalue weighted by atomic mass is 9.70. The van der Waals surface area contributed by atoms with Crippen molar-refractivity contribution in [3.8, 4) is 0 Å². The Morgan fingerprint density at radius 1 is 0.972 bits per heavy atom. The number of carbonyl (C=O) groups is 4. The molecule has 0 spiro atoms. The molecule has 4 amide bonds. The summed E-state index contributed by atoms with van der Waals surface area (Å²) >= 11 is 6.07. The zero-order chi connectivity index (χ0) is 26.8. The third kappa shape index (κ3) is 6.20. The summed E-state index contributed by atoms with van der Waals surface area (Å²) in [5, 5.41) is 3.63. The Kier molecular flexibility index (Phi) is 8.70. The molecule has 3 rings (SSSR count). The molecule has 9 heteroatoms. The lowest BCUT2D eigenvalue weighted by Crippen LogP contribution is -2.64. The lowest BCUT2D eigenvalue weighted by molar-refractivity contribution is -0.148. The maximum absolute atomic E-state index is 13.7. The minimum absolute atomic E-state index is 0.116. The van der Waals surface area contributed by atoms with Gasteiger partial charge in [-0.1, -0.05) is 51.4 Å². The Hall–Kier alpha value is -2.61. The van der Waals surface area contributed by atoms with E-state index in [1.807, 2.05) is 30.9 Å². The van der Waals surface area contributed by atoms with Crippen LogP contribution >= 0.6 is 11.6 Å². The van der Waals surface area contributed by atoms with Crippen LogP contribution in [0.1, 0.15) is 59.4 Å². The van der Waals surface area contributed by atoms with Gasteiger partial charge in [0.05, 0.1) is 6.54 Å². The van der Waals surface area contributed by atoms with Crippen LogP contribution in [0, 0.1) is 11.3 Å². The molecule has 2 unspecified atom stereocenters. The summed E-state index contributed by atoms with van der Waals surface area (Å²) in [7, 11) is 0. The Balaban J connectivity index is 1.73. The molecule has 2 saturated heterocycles. The van der Waals surface area contributed by atoms with Gasteiger partial charge in [0.25, 0.3) is 0 Å². The number of benzene rings is 1. The Morgan fingerprint density at radius 3 is 2.14 bits per heavy atom. The van der Waals surface area contributed by atoms with Gasteiger partial charge in [-0.2, -0.15) is 0 Å². The first-order valence-electron chi connectivity index (χ1n) is 12.7. The number of nitrogens with zero attached hydrogens (tertiary/aromatic N) is 3. The van der Waals surface area contributed by atoms with E-state index in [0.717, 1.165) is 6.42 Å². The fraction of sp³-hybridized carbons (Fsp3) is 0.630. The van der Waals surface area contributed by atoms with E-state index in [4.69, 9.17) is 11.6 Å². The molecule has 36 heavy (non-hydrogen) atoms. The molecule has 0 aliphatic carbocycles. The summed E-state index contributed by atoms with van der Waals surface area (Å²) in [5.74, 6) is -0.741. The van der Waals surface area contributed by atoms with E-state index in [2.05, 4.69) is 31.3 Å². The van der Waals surface area contributed by atoms with Crippen LogP contribution in [0.3, 0.4) is 0 Å². The highest BCUT2D eigenvalue weighted by Crippen LogP contribution is 2.42. The van der Waals surface area contributed by atoms with E-state index in [1.54, 1.807) is 4.90 Å². The van der Waals surface area contributed by atoms with Crippen molar-refractivity contribution in [1.29, 1.82) is 0 Å². The summed E-state index contributed by atoms with van der Waals surface area (Å²) in [4.78, 5) is 56.0. The minimum Gasteiger partial charge on any atom is -0.342 e. The number of likely N-dealkylation sites (tertiary alicyclic amines) is 1. The van der Waals surface area contributed by atoms with Crippen LogP contribution in [0.15, 0.2) is 24.3 Å². The van der Waals surface area contributed by atoms with Crippen molar-refractivity contribution in [2.75, 3.05) is 32.7 Å². The van der Waals surface area contributed by atoms with Crippen molar-refractivity contribution in [3.63, 3.8) is 0 Å². The molecule has 1 aromatic rings. The van der Waals surface area contributed by atoms with Crippen LogP contribution in [0.4, 0.5) is 0 Å². The molecule has 2 fully saturated rings. The van der Waals surface area contributed by atoms with Crippen LogP contribution in [-0.2, 0) is 19.2 Å². The van der Waals surface area contributed by atoms with Crippen LogP contribution in [-0.4, -0.2) is 83.1 Å². The van der Waals surface area contributed by atoms with Gasteiger partial charge in [0, 0.05) is 45.0 Å². The predicted molar refractivity (Wildman–Crippen MR) is 139 cm³/mol. The normalized spacial score (nSPS) is 22.8. The van der Waals surface area contributed by atoms with Gasteiger partial charge in [-0.3, -0.25) is 19.2 Å². The Labute approximate surface area is 219 Å². The molecule has 2 heterocycles. The van der Waals surface area contributed by atoms with Gasteiger partial charge in [0.1, 0.15) is 12.1 Å². The van der Waals surface area contributed by atoms with Crippen molar-refractivity contribution in [2.24, 2.45) is 11.3 Å². The van der Waals surface area contributed by atoms with Gasteiger partial charge in [-0.15, -0.1) is 0 Å². The molecule has 198 valence electrons. The summed E-state index contributed by atoms with van der Waals surface area (Å²) in [5.41, 5.74) is 1.05. The summed E-state index contributed by atoms with van der Waals surface area (Å²) in [6.45, 7) is 13.0. The Bertz CT molecular complexity index is 994. The summed E-state index contributed by atoms with van der Waals surface area (Å²) in [6.07, 6.45) is 0.813. The maximum Gasteiger partial charge on any atom is 0.245 e. The highest BCUT2D eigenvalue weighted by molar-refractivity contribution is 6.30. The first-order valence-corrected chi connectivity index (χ1v) is 13.1. The predicted octanol–water partition coefficient (Wildman–Crippen LogP) is 2.90. The highest BCUT2D eigenvalue weighted by Gasteiger charge is 2.42. The number of hydrogen-bond donors (Lipinski definition) is 1. The second-order valence-electron chi connectivity index (χ2n) is 11.1. The van der Waals surface area contributed by atoms with Crippen LogP contribution < -0.4 is 5.32 Å². The molecule has 2 aliphatic heterocycles. The van der Waals surface area contributed by atoms with Gasteiger partial charge in [0.15, 0.2) is 0 Å². The van der Waals surface area contributed by atoms with Crippen LogP contribution in [0.25, 0.3) is 0 Å². The SMILES string of the molecule is CC(=O)N1CCN(C(C)=O)C(C(=O)N[C@@H](C(=O)N2CCC(c3ccc(Cl)cc3)C(C)(C)C2)C(C)C)C1. The van der Waals surface area contributed by atoms with Gasteiger partial charge >= 0.3 is 0 Å². The van der Waals surface area contributed by atoms with Crippen LogP contribution in [0.2, 0.25) is 5.02 Å². The number of nitrogens with one attached hydrogen (secondary N) is 1. The lowest BCUT2D eigenvalue weighted by Gasteiger charge is -2.46. The van der Waals surface area contributed by atoms with Crippen molar-refractivity contribution < 1.29 is 19.2 Å². The van der Waals surface area contributed by atoms with Crippen molar-refractivity contribution in [1.82, 2.24) is 20.0 Å². The third-order valence-electron chi connectivity index (χ3n) is 7.58. The van der Waals surface area contributed by atoms with Gasteiger partial charge in [-0.05, 0) is 41.4 Å². The number of halogens is 1. The molecule has 0 radical (unpaired) electrons. The molecular weight excluding hydrogens is 480 g/mol. The minimum atomic E-state index is -0.818. The molecule has 2 aliphatic rings. The zero-order valence-corrected chi connectivity index (χ0v) is 23.0. The Morgan fingerprint density at radius 2 is 1.61 bits per heavy atom. The van der Waals surface area contributed by atoms with Crippen LogP contribution in [0.5, 0.6) is 0 Å². The quantitative estimate of drug-likeness (QED) is 0.649. The first kappa shape index (κ1) is 28.0. The van der Waals surface area contributed by atoms with E-state index in [9.17, 15) is 19.2 Å². The highest BCUT2D eigenvalue weighted by atomic mass is 35.5. The summed E-state index contributed by atoms with van der Waals surface area (Å²) < 4.78 is 0. The van der Waals surface area contributed by atoms with Crippen molar-refractivity contribution in [3.05, 3.63) is 34.9 Å². The van der Waals surface area contributed by atoms with E-state index in [-0.39, 0.29) is 41.5 Å². The van der Waals surface area contributed by atoms with Crippen molar-refractivity contribution in [2.45, 2.75) is 66.0 Å². The molecule has 0 bridgehead atoms. The molecular formula is C27H39ClN4O4. The van der Waals surface area contributed by atoms with E-state index < -0.39 is 18.0 Å². The van der Waals surface area contributed by atoms with Gasteiger partial charge < -0.3 is 20.0 Å². The fourth-order valence-electron chi connectivity index (χ4n) is 5.49. The zero-order valence-electron chi connectivity index (χ0n) is 22.2. The smallest absolute Gasteiger partial charge is 0.245 e. The molecule has 0 aromatic heterocycles. The molecule has 1 N–H and O–H groups in total. The van der Waals surface area contributed by atoms with E-state index in [1.165, 1.54) is 24.3 Å². The fourth-order valence-corrected chi connectivity index (χ4v) is 5.61. The van der Waals surface area contributed by atoms with Gasteiger partial charge in [0.2, 0.25) is 23.6 Å². The third-order valence-corrected chi connectivity index (χ3v) is 7.83. The molecule has 3 atom stereocenters. The number of hydrogen-bond acceptors (Lipinski definition) is 4. The number of carbonyl (C=O) groups excluding carboxylic acids is 4. The largest absolute Gasteiger partial charge is 0.342 e. The number of rotatable bonds is 5. The number of piperidine rings is 1. The monoisotopic (exact) mass is 518 g/mol. The number of piperazine rings is 1. The average molecular weight is 519 g/mol.